The van der Waals surface area contributed by atoms with Crippen LogP contribution in [0.4, 0.5) is 11.4 Å². The lowest BCUT2D eigenvalue weighted by Crippen LogP contribution is -2.23. The Morgan fingerprint density at radius 2 is 2.00 bits per heavy atom. The summed E-state index contributed by atoms with van der Waals surface area (Å²) in [4.78, 5) is 33.5. The molecule has 2 rings (SSSR count). The highest BCUT2D eigenvalue weighted by molar-refractivity contribution is 6.09. The Kier molecular flexibility index (Phi) is 5.86. The number of hydrogen-bond acceptors (Lipinski definition) is 7. The van der Waals surface area contributed by atoms with E-state index in [1.54, 1.807) is 6.07 Å². The summed E-state index contributed by atoms with van der Waals surface area (Å²) in [6.07, 6.45) is 1.18. The molecule has 0 spiro atoms. The van der Waals surface area contributed by atoms with E-state index >= 15 is 0 Å². The molecule has 0 aliphatic rings. The predicted octanol–water partition coefficient (Wildman–Crippen LogP) is 1.51. The molecule has 2 aromatic rings. The zero-order valence-electron chi connectivity index (χ0n) is 14.0. The predicted molar refractivity (Wildman–Crippen MR) is 92.6 cm³/mol. The second-order valence-electron chi connectivity index (χ2n) is 5.18. The first-order valence-corrected chi connectivity index (χ1v) is 7.42. The smallest absolute Gasteiger partial charge is 0.271 e. The number of non-ortho nitro benzene ring substituents is 1. The van der Waals surface area contributed by atoms with E-state index < -0.39 is 16.8 Å². The van der Waals surface area contributed by atoms with Gasteiger partial charge in [-0.3, -0.25) is 14.9 Å². The number of carbonyl (C=O) groups is 2. The van der Waals surface area contributed by atoms with Crippen molar-refractivity contribution in [2.24, 2.45) is 0 Å². The van der Waals surface area contributed by atoms with Gasteiger partial charge < -0.3 is 20.0 Å². The van der Waals surface area contributed by atoms with Crippen molar-refractivity contribution in [1.82, 2.24) is 0 Å². The standard InChI is InChI=1S/C18H13N3O6/c1-27-16-6-5-11(8-15(16)18(23)24)7-12(10-19)17(22)20-13-3-2-4-14(9-13)21(25)26/h2-9H,1H3,(H,20,22)(H,23,24)/p-1/b12-7-. The van der Waals surface area contributed by atoms with Crippen LogP contribution in [0.2, 0.25) is 0 Å². The number of rotatable bonds is 6. The molecule has 0 radical (unpaired) electrons. The largest absolute Gasteiger partial charge is 0.545 e. The Labute approximate surface area is 153 Å². The molecular formula is C18H12N3O6-. The first-order chi connectivity index (χ1) is 12.8. The van der Waals surface area contributed by atoms with E-state index in [2.05, 4.69) is 5.32 Å². The van der Waals surface area contributed by atoms with E-state index in [0.29, 0.717) is 0 Å². The van der Waals surface area contributed by atoms with Crippen molar-refractivity contribution < 1.29 is 24.4 Å². The lowest BCUT2D eigenvalue weighted by Gasteiger charge is -2.10. The number of nitro benzene ring substituents is 1. The Hall–Kier alpha value is -4.19. The average Bonchev–Trinajstić information content (AvgIpc) is 2.65. The van der Waals surface area contributed by atoms with Gasteiger partial charge in [-0.25, -0.2) is 0 Å². The summed E-state index contributed by atoms with van der Waals surface area (Å²) in [6, 6.07) is 11.0. The van der Waals surface area contributed by atoms with Crippen LogP contribution in [0.25, 0.3) is 6.08 Å². The Balaban J connectivity index is 2.31. The number of ether oxygens (including phenoxy) is 1. The van der Waals surface area contributed by atoms with E-state index in [4.69, 9.17) is 4.74 Å². The summed E-state index contributed by atoms with van der Waals surface area (Å²) in [5, 5.41) is 33.5. The molecular weight excluding hydrogens is 354 g/mol. The van der Waals surface area contributed by atoms with E-state index in [9.17, 15) is 30.1 Å². The molecule has 2 aromatic carbocycles. The molecule has 0 fully saturated rings. The number of anilines is 1. The van der Waals surface area contributed by atoms with Crippen LogP contribution in [0.15, 0.2) is 48.0 Å². The lowest BCUT2D eigenvalue weighted by molar-refractivity contribution is -0.384. The number of methoxy groups -OCH3 is 1. The number of nitrogens with one attached hydrogen (secondary N) is 1. The topological polar surface area (TPSA) is 145 Å². The molecule has 0 atom stereocenters. The van der Waals surface area contributed by atoms with Crippen molar-refractivity contribution in [1.29, 1.82) is 5.26 Å². The van der Waals surface area contributed by atoms with Crippen LogP contribution < -0.4 is 15.2 Å². The number of carboxylic acids is 1. The van der Waals surface area contributed by atoms with Gasteiger partial charge in [0.2, 0.25) is 0 Å². The zero-order valence-corrected chi connectivity index (χ0v) is 14.0. The molecule has 1 N–H and O–H groups in total. The van der Waals surface area contributed by atoms with Gasteiger partial charge in [0.25, 0.3) is 11.6 Å². The minimum Gasteiger partial charge on any atom is -0.545 e. The van der Waals surface area contributed by atoms with Gasteiger partial charge in [0.05, 0.1) is 18.0 Å². The molecule has 0 aliphatic heterocycles. The number of hydrogen-bond donors (Lipinski definition) is 1. The van der Waals surface area contributed by atoms with Crippen molar-refractivity contribution in [2.75, 3.05) is 12.4 Å². The highest BCUT2D eigenvalue weighted by Crippen LogP contribution is 2.22. The molecule has 0 bridgehead atoms. The average molecular weight is 366 g/mol. The fourth-order valence-corrected chi connectivity index (χ4v) is 2.19. The summed E-state index contributed by atoms with van der Waals surface area (Å²) in [5.41, 5.74) is -0.371. The maximum absolute atomic E-state index is 12.2. The first-order valence-electron chi connectivity index (χ1n) is 7.42. The van der Waals surface area contributed by atoms with Gasteiger partial charge in [-0.05, 0) is 29.8 Å². The number of nitrogens with zero attached hydrogens (tertiary/aromatic N) is 2. The molecule has 0 aromatic heterocycles. The monoisotopic (exact) mass is 366 g/mol. The molecule has 0 saturated heterocycles. The number of nitro groups is 1. The highest BCUT2D eigenvalue weighted by atomic mass is 16.6. The molecule has 0 aliphatic carbocycles. The second-order valence-corrected chi connectivity index (χ2v) is 5.18. The van der Waals surface area contributed by atoms with E-state index in [1.807, 2.05) is 0 Å². The van der Waals surface area contributed by atoms with Crippen molar-refractivity contribution in [2.45, 2.75) is 0 Å². The fraction of sp³-hybridized carbons (Fsp3) is 0.0556. The van der Waals surface area contributed by atoms with Crippen molar-refractivity contribution in [3.05, 3.63) is 69.3 Å². The van der Waals surface area contributed by atoms with Gasteiger partial charge >= 0.3 is 0 Å². The highest BCUT2D eigenvalue weighted by Gasteiger charge is 2.13. The molecule has 1 amide bonds. The van der Waals surface area contributed by atoms with Crippen LogP contribution in [0, 0.1) is 21.4 Å². The van der Waals surface area contributed by atoms with Gasteiger partial charge in [-0.2, -0.15) is 5.26 Å². The van der Waals surface area contributed by atoms with Crippen LogP contribution in [-0.2, 0) is 4.79 Å². The fourth-order valence-electron chi connectivity index (χ4n) is 2.19. The van der Waals surface area contributed by atoms with E-state index in [0.717, 1.165) is 6.07 Å². The second kappa shape index (κ2) is 8.26. The molecule has 27 heavy (non-hydrogen) atoms. The van der Waals surface area contributed by atoms with Gasteiger partial charge in [0.15, 0.2) is 0 Å². The Morgan fingerprint density at radius 1 is 1.26 bits per heavy atom. The van der Waals surface area contributed by atoms with Crippen LogP contribution in [0.1, 0.15) is 15.9 Å². The van der Waals surface area contributed by atoms with Crippen LogP contribution >= 0.6 is 0 Å². The summed E-state index contributed by atoms with van der Waals surface area (Å²) < 4.78 is 4.91. The van der Waals surface area contributed by atoms with Crippen LogP contribution in [-0.4, -0.2) is 23.9 Å². The maximum Gasteiger partial charge on any atom is 0.271 e. The minimum atomic E-state index is -1.47. The van der Waals surface area contributed by atoms with Crippen LogP contribution in [0.5, 0.6) is 5.75 Å². The van der Waals surface area contributed by atoms with Crippen molar-refractivity contribution in [3.8, 4) is 11.8 Å². The Morgan fingerprint density at radius 3 is 2.59 bits per heavy atom. The van der Waals surface area contributed by atoms with Gasteiger partial charge in [-0.15, -0.1) is 0 Å². The normalized spacial score (nSPS) is 10.6. The van der Waals surface area contributed by atoms with Crippen molar-refractivity contribution >= 4 is 29.3 Å². The van der Waals surface area contributed by atoms with Gasteiger partial charge in [-0.1, -0.05) is 12.1 Å². The minimum absolute atomic E-state index is 0.0757. The van der Waals surface area contributed by atoms with Gasteiger partial charge in [0.1, 0.15) is 17.4 Å². The van der Waals surface area contributed by atoms with Crippen molar-refractivity contribution in [3.63, 3.8) is 0 Å². The summed E-state index contributed by atoms with van der Waals surface area (Å²) in [7, 11) is 1.30. The summed E-state index contributed by atoms with van der Waals surface area (Å²) in [5.74, 6) is -2.20. The molecule has 0 unspecified atom stereocenters. The Bertz CT molecular complexity index is 991. The lowest BCUT2D eigenvalue weighted by atomic mass is 10.1. The zero-order chi connectivity index (χ0) is 20.0. The number of carboxylic acid groups (broad SMARTS) is 1. The molecule has 0 saturated carbocycles. The molecule has 136 valence electrons. The van der Waals surface area contributed by atoms with E-state index in [1.165, 1.54) is 49.6 Å². The quantitative estimate of drug-likeness (QED) is 0.353. The SMILES string of the molecule is COc1ccc(/C=C(/C#N)C(=O)Nc2cccc([N+](=O)[O-])c2)cc1C(=O)[O-]. The van der Waals surface area contributed by atoms with Gasteiger partial charge in [0, 0.05) is 23.4 Å². The van der Waals surface area contributed by atoms with Crippen LogP contribution in [0.3, 0.4) is 0 Å². The molecule has 9 nitrogen and oxygen atoms in total. The number of carbonyl (C=O) groups excluding carboxylic acids is 2. The number of nitriles is 1. The first kappa shape index (κ1) is 19.1. The number of amides is 1. The van der Waals surface area contributed by atoms with E-state index in [-0.39, 0.29) is 33.8 Å². The maximum atomic E-state index is 12.2. The molecule has 9 heteroatoms. The summed E-state index contributed by atoms with van der Waals surface area (Å²) in [6.45, 7) is 0. The molecule has 0 heterocycles. The third-order valence-corrected chi connectivity index (χ3v) is 3.43. The third-order valence-electron chi connectivity index (χ3n) is 3.43. The summed E-state index contributed by atoms with van der Waals surface area (Å²) >= 11 is 0. The third kappa shape index (κ3) is 4.67. The number of benzene rings is 2. The number of aromatic carboxylic acids is 1.